The van der Waals surface area contributed by atoms with Crippen molar-refractivity contribution in [3.05, 3.63) is 120 Å². The van der Waals surface area contributed by atoms with Crippen LogP contribution in [0.3, 0.4) is 0 Å². The Morgan fingerprint density at radius 2 is 1.51 bits per heavy atom. The van der Waals surface area contributed by atoms with E-state index in [4.69, 9.17) is 0 Å². The minimum atomic E-state index is -3.60. The summed E-state index contributed by atoms with van der Waals surface area (Å²) in [4.78, 5) is 29.5. The van der Waals surface area contributed by atoms with Gasteiger partial charge in [0, 0.05) is 11.8 Å². The molecule has 0 bridgehead atoms. The first-order chi connectivity index (χ1) is 16.8. The second kappa shape index (κ2) is 10.3. The molecule has 2 amide bonds. The molecule has 176 valence electrons. The minimum Gasteiger partial charge on any atom is -0.320 e. The summed E-state index contributed by atoms with van der Waals surface area (Å²) >= 11 is 0. The smallest absolute Gasteiger partial charge is 0.274 e. The maximum atomic E-state index is 13.9. The number of nitrogens with zero attached hydrogens (tertiary/aromatic N) is 1. The number of pyridine rings is 1. The van der Waals surface area contributed by atoms with Crippen LogP contribution in [0, 0.1) is 5.82 Å². The fourth-order valence-electron chi connectivity index (χ4n) is 3.34. The van der Waals surface area contributed by atoms with Crippen LogP contribution in [0.2, 0.25) is 0 Å². The number of aromatic nitrogens is 1. The van der Waals surface area contributed by atoms with Crippen molar-refractivity contribution in [1.29, 1.82) is 0 Å². The Morgan fingerprint density at radius 3 is 2.26 bits per heavy atom. The van der Waals surface area contributed by atoms with Gasteiger partial charge in [-0.15, -0.1) is 0 Å². The van der Waals surface area contributed by atoms with E-state index in [1.165, 1.54) is 42.6 Å². The van der Waals surface area contributed by atoms with E-state index in [9.17, 15) is 22.4 Å². The van der Waals surface area contributed by atoms with Gasteiger partial charge in [-0.1, -0.05) is 36.4 Å². The van der Waals surface area contributed by atoms with Crippen molar-refractivity contribution in [2.45, 2.75) is 10.6 Å². The number of hydrogen-bond acceptors (Lipinski definition) is 5. The Bertz CT molecular complexity index is 1480. The number of sulfone groups is 1. The number of amides is 2. The molecule has 2 N–H and O–H groups in total. The monoisotopic (exact) mass is 489 g/mol. The van der Waals surface area contributed by atoms with Crippen molar-refractivity contribution in [3.8, 4) is 0 Å². The zero-order valence-electron chi connectivity index (χ0n) is 18.3. The summed E-state index contributed by atoms with van der Waals surface area (Å²) in [5, 5.41) is 5.19. The molecular formula is C26H20FN3O4S. The number of benzene rings is 3. The highest BCUT2D eigenvalue weighted by molar-refractivity contribution is 7.90. The molecule has 0 aliphatic rings. The van der Waals surface area contributed by atoms with Crippen molar-refractivity contribution in [1.82, 2.24) is 4.98 Å². The fraction of sp³-hybridized carbons (Fsp3) is 0.0385. The van der Waals surface area contributed by atoms with E-state index in [-0.39, 0.29) is 33.3 Å². The van der Waals surface area contributed by atoms with E-state index < -0.39 is 27.5 Å². The van der Waals surface area contributed by atoms with Crippen LogP contribution in [0.5, 0.6) is 0 Å². The van der Waals surface area contributed by atoms with Crippen LogP contribution in [0.15, 0.2) is 102 Å². The zero-order chi connectivity index (χ0) is 24.8. The van der Waals surface area contributed by atoms with Gasteiger partial charge in [-0.3, -0.25) is 14.6 Å². The molecule has 0 aliphatic heterocycles. The Labute approximate surface area is 201 Å². The average Bonchev–Trinajstić information content (AvgIpc) is 2.86. The topological polar surface area (TPSA) is 105 Å². The summed E-state index contributed by atoms with van der Waals surface area (Å²) in [5.74, 6) is -2.02. The summed E-state index contributed by atoms with van der Waals surface area (Å²) in [7, 11) is -3.60. The highest BCUT2D eigenvalue weighted by atomic mass is 32.2. The maximum absolute atomic E-state index is 13.9. The van der Waals surface area contributed by atoms with Crippen LogP contribution in [-0.4, -0.2) is 25.2 Å². The van der Waals surface area contributed by atoms with Gasteiger partial charge in [0.25, 0.3) is 11.8 Å². The van der Waals surface area contributed by atoms with Gasteiger partial charge in [-0.05, 0) is 60.2 Å². The lowest BCUT2D eigenvalue weighted by Gasteiger charge is -2.13. The maximum Gasteiger partial charge on any atom is 0.274 e. The van der Waals surface area contributed by atoms with Crippen molar-refractivity contribution in [2.24, 2.45) is 0 Å². The Hall–Kier alpha value is -4.37. The Kier molecular flexibility index (Phi) is 6.98. The third-order valence-corrected chi connectivity index (χ3v) is 6.73. The molecule has 7 nitrogen and oxygen atoms in total. The molecule has 0 fully saturated rings. The minimum absolute atomic E-state index is 0.0431. The number of anilines is 2. The van der Waals surface area contributed by atoms with Gasteiger partial charge in [0.1, 0.15) is 11.5 Å². The summed E-state index contributed by atoms with van der Waals surface area (Å²) < 4.78 is 39.3. The number of nitrogens with one attached hydrogen (secondary N) is 2. The molecular weight excluding hydrogens is 469 g/mol. The first-order valence-electron chi connectivity index (χ1n) is 10.5. The van der Waals surface area contributed by atoms with E-state index in [1.54, 1.807) is 42.5 Å². The molecule has 1 aromatic heterocycles. The molecule has 3 aromatic carbocycles. The molecule has 0 spiro atoms. The molecule has 4 rings (SSSR count). The van der Waals surface area contributed by atoms with Gasteiger partial charge in [0.15, 0.2) is 9.84 Å². The summed E-state index contributed by atoms with van der Waals surface area (Å²) in [6.07, 6.45) is 1.47. The van der Waals surface area contributed by atoms with Crippen LogP contribution in [-0.2, 0) is 15.6 Å². The van der Waals surface area contributed by atoms with Crippen LogP contribution >= 0.6 is 0 Å². The van der Waals surface area contributed by atoms with Crippen LogP contribution in [0.1, 0.15) is 26.4 Å². The third-order valence-electron chi connectivity index (χ3n) is 5.02. The number of halogens is 1. The lowest BCUT2D eigenvalue weighted by molar-refractivity contribution is 0.101. The first kappa shape index (κ1) is 23.8. The highest BCUT2D eigenvalue weighted by Crippen LogP contribution is 2.25. The molecule has 1 heterocycles. The van der Waals surface area contributed by atoms with Gasteiger partial charge in [-0.25, -0.2) is 12.8 Å². The third kappa shape index (κ3) is 5.96. The molecule has 9 heteroatoms. The quantitative estimate of drug-likeness (QED) is 0.392. The lowest BCUT2D eigenvalue weighted by Crippen LogP contribution is -2.18. The Morgan fingerprint density at radius 1 is 0.771 bits per heavy atom. The van der Waals surface area contributed by atoms with E-state index in [2.05, 4.69) is 15.6 Å². The SMILES string of the molecule is O=C(Nc1cc(F)ccc1NC(=O)c1ccccn1)c1cccc(CS(=O)(=O)c2ccccc2)c1. The summed E-state index contributed by atoms with van der Waals surface area (Å²) in [6.45, 7) is 0. The van der Waals surface area contributed by atoms with Crippen LogP contribution in [0.4, 0.5) is 15.8 Å². The summed E-state index contributed by atoms with van der Waals surface area (Å²) in [6, 6.07) is 22.6. The molecule has 0 saturated carbocycles. The van der Waals surface area contributed by atoms with Gasteiger partial charge in [0.05, 0.1) is 22.0 Å². The normalized spacial score (nSPS) is 11.0. The second-order valence-electron chi connectivity index (χ2n) is 7.59. The number of hydrogen-bond donors (Lipinski definition) is 2. The average molecular weight is 490 g/mol. The Balaban J connectivity index is 1.53. The lowest BCUT2D eigenvalue weighted by atomic mass is 10.1. The van der Waals surface area contributed by atoms with Crippen LogP contribution < -0.4 is 10.6 Å². The predicted octanol–water partition coefficient (Wildman–Crippen LogP) is 4.70. The van der Waals surface area contributed by atoms with Gasteiger partial charge in [-0.2, -0.15) is 0 Å². The van der Waals surface area contributed by atoms with E-state index in [0.717, 1.165) is 12.1 Å². The standard InChI is InChI=1S/C26H20FN3O4S/c27-20-12-13-22(29-26(32)23-11-4-5-14-28-23)24(16-20)30-25(31)19-8-6-7-18(15-19)17-35(33,34)21-9-2-1-3-10-21/h1-16H,17H2,(H,29,32)(H,30,31). The molecule has 35 heavy (non-hydrogen) atoms. The van der Waals surface area contributed by atoms with E-state index >= 15 is 0 Å². The van der Waals surface area contributed by atoms with Gasteiger partial charge in [0.2, 0.25) is 0 Å². The van der Waals surface area contributed by atoms with Crippen molar-refractivity contribution < 1.29 is 22.4 Å². The molecule has 0 aliphatic carbocycles. The molecule has 0 radical (unpaired) electrons. The van der Waals surface area contributed by atoms with Gasteiger partial charge < -0.3 is 10.6 Å². The zero-order valence-corrected chi connectivity index (χ0v) is 19.1. The number of carbonyl (C=O) groups excluding carboxylic acids is 2. The van der Waals surface area contributed by atoms with Crippen molar-refractivity contribution in [2.75, 3.05) is 10.6 Å². The fourth-order valence-corrected chi connectivity index (χ4v) is 4.70. The summed E-state index contributed by atoms with van der Waals surface area (Å²) in [5.41, 5.74) is 0.975. The van der Waals surface area contributed by atoms with Crippen molar-refractivity contribution in [3.63, 3.8) is 0 Å². The molecule has 0 atom stereocenters. The first-order valence-corrected chi connectivity index (χ1v) is 12.2. The largest absolute Gasteiger partial charge is 0.320 e. The van der Waals surface area contributed by atoms with E-state index in [1.807, 2.05) is 0 Å². The molecule has 4 aromatic rings. The molecule has 0 saturated heterocycles. The molecule has 0 unspecified atom stereocenters. The number of rotatable bonds is 7. The van der Waals surface area contributed by atoms with E-state index in [0.29, 0.717) is 5.56 Å². The number of carbonyl (C=O) groups is 2. The second-order valence-corrected chi connectivity index (χ2v) is 9.58. The predicted molar refractivity (Wildman–Crippen MR) is 130 cm³/mol. The van der Waals surface area contributed by atoms with Gasteiger partial charge >= 0.3 is 0 Å². The highest BCUT2D eigenvalue weighted by Gasteiger charge is 2.17. The van der Waals surface area contributed by atoms with Crippen molar-refractivity contribution >= 4 is 33.0 Å². The van der Waals surface area contributed by atoms with Crippen LogP contribution in [0.25, 0.3) is 0 Å².